The van der Waals surface area contributed by atoms with Gasteiger partial charge >= 0.3 is 0 Å². The summed E-state index contributed by atoms with van der Waals surface area (Å²) in [4.78, 5) is 17.9. The second-order valence-electron chi connectivity index (χ2n) is 5.41. The summed E-state index contributed by atoms with van der Waals surface area (Å²) in [5.41, 5.74) is 0. The van der Waals surface area contributed by atoms with Gasteiger partial charge in [-0.05, 0) is 26.0 Å². The van der Waals surface area contributed by atoms with Crippen molar-refractivity contribution in [1.29, 1.82) is 0 Å². The second-order valence-corrected chi connectivity index (χ2v) is 7.17. The van der Waals surface area contributed by atoms with Gasteiger partial charge in [-0.2, -0.15) is 0 Å². The van der Waals surface area contributed by atoms with Gasteiger partial charge in [0.1, 0.15) is 4.90 Å². The van der Waals surface area contributed by atoms with E-state index in [0.29, 0.717) is 6.54 Å². The van der Waals surface area contributed by atoms with E-state index in [-0.39, 0.29) is 60.7 Å². The summed E-state index contributed by atoms with van der Waals surface area (Å²) in [6.07, 6.45) is 2.94. The molecule has 7 nitrogen and oxygen atoms in total. The first kappa shape index (κ1) is 23.1. The molecule has 0 spiro atoms. The van der Waals surface area contributed by atoms with E-state index in [4.69, 9.17) is 0 Å². The lowest BCUT2D eigenvalue weighted by atomic mass is 10.1. The van der Waals surface area contributed by atoms with Gasteiger partial charge in [0, 0.05) is 50.5 Å². The van der Waals surface area contributed by atoms with E-state index in [0.717, 1.165) is 6.54 Å². The minimum atomic E-state index is -3.61. The van der Waals surface area contributed by atoms with Gasteiger partial charge in [0.25, 0.3) is 0 Å². The van der Waals surface area contributed by atoms with Crippen LogP contribution in [0.4, 0.5) is 0 Å². The molecule has 1 fully saturated rings. The van der Waals surface area contributed by atoms with Crippen LogP contribution in [0, 0.1) is 0 Å². The lowest BCUT2D eigenvalue weighted by molar-refractivity contribution is -0.134. The van der Waals surface area contributed by atoms with Crippen LogP contribution in [0.25, 0.3) is 0 Å². The van der Waals surface area contributed by atoms with Gasteiger partial charge in [0.05, 0.1) is 0 Å². The normalized spacial score (nSPS) is 20.7. The van der Waals surface area contributed by atoms with Crippen molar-refractivity contribution in [2.45, 2.75) is 37.2 Å². The largest absolute Gasteiger partial charge is 0.337 e. The van der Waals surface area contributed by atoms with Crippen molar-refractivity contribution in [1.82, 2.24) is 19.9 Å². The quantitative estimate of drug-likeness (QED) is 0.765. The number of halogens is 2. The zero-order chi connectivity index (χ0) is 16.2. The lowest BCUT2D eigenvalue weighted by Gasteiger charge is -2.38. The molecule has 0 aromatic carbocycles. The highest BCUT2D eigenvalue weighted by Crippen LogP contribution is 2.11. The summed E-state index contributed by atoms with van der Waals surface area (Å²) in [5, 5.41) is 3.31. The molecule has 2 unspecified atom stereocenters. The van der Waals surface area contributed by atoms with Crippen LogP contribution in [0.1, 0.15) is 20.3 Å². The first-order valence-electron chi connectivity index (χ1n) is 7.34. The Kier molecular flexibility index (Phi) is 9.76. The Bertz CT molecular complexity index is 616. The van der Waals surface area contributed by atoms with E-state index < -0.39 is 10.0 Å². The molecule has 2 atom stereocenters. The summed E-state index contributed by atoms with van der Waals surface area (Å²) in [5.74, 6) is -0.0327. The number of rotatable bonds is 5. The van der Waals surface area contributed by atoms with Gasteiger partial charge in [-0.1, -0.05) is 0 Å². The molecule has 138 valence electrons. The Morgan fingerprint density at radius 1 is 1.42 bits per heavy atom. The molecule has 1 aromatic rings. The number of piperazine rings is 1. The van der Waals surface area contributed by atoms with Crippen LogP contribution in [-0.2, 0) is 14.8 Å². The van der Waals surface area contributed by atoms with Gasteiger partial charge < -0.3 is 10.2 Å². The maximum atomic E-state index is 12.2. The number of nitrogens with one attached hydrogen (secondary N) is 2. The average Bonchev–Trinajstić information content (AvgIpc) is 2.50. The standard InChI is InChI=1S/C14H22N4O3S.2ClH/c1-11-12(2)18(9-8-16-11)14(19)5-7-17-22(20,21)13-4-3-6-15-10-13;;/h3-4,6,10-12,16-17H,5,7-9H2,1-2H3;2*1H. The van der Waals surface area contributed by atoms with Crippen LogP contribution >= 0.6 is 24.8 Å². The first-order chi connectivity index (χ1) is 10.4. The van der Waals surface area contributed by atoms with Crippen LogP contribution < -0.4 is 10.0 Å². The predicted molar refractivity (Wildman–Crippen MR) is 97.2 cm³/mol. The predicted octanol–water partition coefficient (Wildman–Crippen LogP) is 0.802. The van der Waals surface area contributed by atoms with Crippen molar-refractivity contribution in [3.63, 3.8) is 0 Å². The SMILES string of the molecule is CC1NCCN(C(=O)CCNS(=O)(=O)c2cccnc2)C1C.Cl.Cl. The summed E-state index contributed by atoms with van der Waals surface area (Å²) in [7, 11) is -3.61. The lowest BCUT2D eigenvalue weighted by Crippen LogP contribution is -2.57. The fourth-order valence-electron chi connectivity index (χ4n) is 2.43. The number of hydrogen-bond donors (Lipinski definition) is 2. The van der Waals surface area contributed by atoms with Crippen molar-refractivity contribution in [3.05, 3.63) is 24.5 Å². The maximum Gasteiger partial charge on any atom is 0.242 e. The number of hydrogen-bond acceptors (Lipinski definition) is 5. The Balaban J connectivity index is 0.00000264. The Morgan fingerprint density at radius 3 is 2.75 bits per heavy atom. The molecule has 0 radical (unpaired) electrons. The number of nitrogens with zero attached hydrogens (tertiary/aromatic N) is 2. The maximum absolute atomic E-state index is 12.2. The molecule has 1 saturated heterocycles. The summed E-state index contributed by atoms with van der Waals surface area (Å²) in [6.45, 7) is 5.53. The highest BCUT2D eigenvalue weighted by Gasteiger charge is 2.27. The third-order valence-corrected chi connectivity index (χ3v) is 5.38. The van der Waals surface area contributed by atoms with Crippen molar-refractivity contribution < 1.29 is 13.2 Å². The van der Waals surface area contributed by atoms with Crippen LogP contribution in [0.5, 0.6) is 0 Å². The molecule has 1 aromatic heterocycles. The molecular weight excluding hydrogens is 375 g/mol. The van der Waals surface area contributed by atoms with Gasteiger partial charge in [0.15, 0.2) is 0 Å². The second kappa shape index (κ2) is 10.1. The van der Waals surface area contributed by atoms with E-state index >= 15 is 0 Å². The highest BCUT2D eigenvalue weighted by molar-refractivity contribution is 7.89. The van der Waals surface area contributed by atoms with Crippen LogP contribution in [0.15, 0.2) is 29.4 Å². The van der Waals surface area contributed by atoms with Crippen molar-refractivity contribution in [2.75, 3.05) is 19.6 Å². The minimum absolute atomic E-state index is 0. The molecule has 24 heavy (non-hydrogen) atoms. The fraction of sp³-hybridized carbons (Fsp3) is 0.571. The summed E-state index contributed by atoms with van der Waals surface area (Å²) in [6, 6.07) is 3.38. The molecule has 1 aliphatic heterocycles. The van der Waals surface area contributed by atoms with Gasteiger partial charge in [-0.25, -0.2) is 13.1 Å². The van der Waals surface area contributed by atoms with Gasteiger partial charge in [0.2, 0.25) is 15.9 Å². The van der Waals surface area contributed by atoms with Crippen LogP contribution in [0.3, 0.4) is 0 Å². The molecule has 0 saturated carbocycles. The first-order valence-corrected chi connectivity index (χ1v) is 8.82. The Labute approximate surface area is 155 Å². The molecule has 1 amide bonds. The van der Waals surface area contributed by atoms with E-state index in [1.54, 1.807) is 11.0 Å². The number of amides is 1. The topological polar surface area (TPSA) is 91.4 Å². The zero-order valence-electron chi connectivity index (χ0n) is 13.6. The van der Waals surface area contributed by atoms with Crippen LogP contribution in [-0.4, -0.2) is 55.9 Å². The van der Waals surface area contributed by atoms with E-state index in [9.17, 15) is 13.2 Å². The Morgan fingerprint density at radius 2 is 2.12 bits per heavy atom. The molecule has 2 heterocycles. The van der Waals surface area contributed by atoms with E-state index in [2.05, 4.69) is 15.0 Å². The monoisotopic (exact) mass is 398 g/mol. The van der Waals surface area contributed by atoms with Crippen molar-refractivity contribution >= 4 is 40.7 Å². The van der Waals surface area contributed by atoms with Crippen molar-refractivity contribution in [3.8, 4) is 0 Å². The van der Waals surface area contributed by atoms with Crippen LogP contribution in [0.2, 0.25) is 0 Å². The number of carbonyl (C=O) groups excluding carboxylic acids is 1. The molecule has 10 heteroatoms. The molecular formula is C14H24Cl2N4O3S. The Hall–Kier alpha value is -0.930. The minimum Gasteiger partial charge on any atom is -0.337 e. The third kappa shape index (κ3) is 5.86. The molecule has 0 aliphatic carbocycles. The molecule has 2 rings (SSSR count). The number of aromatic nitrogens is 1. The summed E-state index contributed by atoms with van der Waals surface area (Å²) >= 11 is 0. The van der Waals surface area contributed by atoms with E-state index in [1.807, 2.05) is 13.8 Å². The van der Waals surface area contributed by atoms with Gasteiger partial charge in [-0.15, -0.1) is 24.8 Å². The third-order valence-electron chi connectivity index (χ3n) is 3.93. The van der Waals surface area contributed by atoms with Gasteiger partial charge in [-0.3, -0.25) is 9.78 Å². The fourth-order valence-corrected chi connectivity index (χ4v) is 3.43. The highest BCUT2D eigenvalue weighted by atomic mass is 35.5. The molecule has 2 N–H and O–H groups in total. The number of carbonyl (C=O) groups is 1. The van der Waals surface area contributed by atoms with Crippen molar-refractivity contribution in [2.24, 2.45) is 0 Å². The molecule has 0 bridgehead atoms. The zero-order valence-corrected chi connectivity index (χ0v) is 16.1. The molecule has 1 aliphatic rings. The number of sulfonamides is 1. The smallest absolute Gasteiger partial charge is 0.242 e. The number of pyridine rings is 1. The average molecular weight is 399 g/mol. The van der Waals surface area contributed by atoms with E-state index in [1.165, 1.54) is 18.5 Å². The summed E-state index contributed by atoms with van der Waals surface area (Å²) < 4.78 is 26.5.